The molecule has 0 radical (unpaired) electrons. The maximum absolute atomic E-state index is 2.55. The molecule has 4 rings (SSSR count). The molecule has 0 aromatic heterocycles. The molecule has 0 saturated heterocycles. The molecule has 3 aromatic rings. The normalized spacial score (nSPS) is 13.8. The summed E-state index contributed by atoms with van der Waals surface area (Å²) in [7, 11) is 0. The van der Waals surface area contributed by atoms with Crippen LogP contribution in [0.4, 0.5) is 0 Å². The van der Waals surface area contributed by atoms with Gasteiger partial charge < -0.3 is 0 Å². The standard InChI is InChI=1S/C35H48/c1-5-7-9-11-13-15-24-35(25-16-14-12-10-8-6-2)32-23-22-29-28(4)18-17-19-30(29)34(32)31-21-20-27(3)26-33(31)35/h17-23,26H,5-16,24-25H2,1-4H3. The molecular formula is C35H48. The van der Waals surface area contributed by atoms with E-state index in [1.165, 1.54) is 123 Å². The van der Waals surface area contributed by atoms with E-state index in [0.29, 0.717) is 0 Å². The molecule has 0 heterocycles. The maximum Gasteiger partial charge on any atom is 0.0215 e. The van der Waals surface area contributed by atoms with Gasteiger partial charge in [0.1, 0.15) is 0 Å². The predicted molar refractivity (Wildman–Crippen MR) is 156 cm³/mol. The fourth-order valence-electron chi connectivity index (χ4n) is 6.70. The Morgan fingerprint density at radius 2 is 1.20 bits per heavy atom. The van der Waals surface area contributed by atoms with E-state index < -0.39 is 0 Å². The van der Waals surface area contributed by atoms with Crippen molar-refractivity contribution in [1.29, 1.82) is 0 Å². The van der Waals surface area contributed by atoms with Crippen LogP contribution in [0.25, 0.3) is 21.9 Å². The van der Waals surface area contributed by atoms with Crippen molar-refractivity contribution in [2.75, 3.05) is 0 Å². The summed E-state index contributed by atoms with van der Waals surface area (Å²) in [6, 6.07) is 19.2. The molecule has 3 aromatic carbocycles. The van der Waals surface area contributed by atoms with Gasteiger partial charge in [-0.2, -0.15) is 0 Å². The number of rotatable bonds is 14. The molecule has 0 atom stereocenters. The number of benzene rings is 3. The third-order valence-electron chi connectivity index (χ3n) is 8.67. The lowest BCUT2D eigenvalue weighted by atomic mass is 9.70. The maximum atomic E-state index is 2.55. The highest BCUT2D eigenvalue weighted by Gasteiger charge is 2.42. The van der Waals surface area contributed by atoms with E-state index in [1.807, 2.05) is 0 Å². The summed E-state index contributed by atoms with van der Waals surface area (Å²) in [6.45, 7) is 9.18. The van der Waals surface area contributed by atoms with Crippen molar-refractivity contribution in [3.8, 4) is 11.1 Å². The van der Waals surface area contributed by atoms with E-state index in [0.717, 1.165) is 0 Å². The fourth-order valence-corrected chi connectivity index (χ4v) is 6.70. The van der Waals surface area contributed by atoms with Crippen LogP contribution < -0.4 is 0 Å². The van der Waals surface area contributed by atoms with Crippen LogP contribution in [0, 0.1) is 13.8 Å². The van der Waals surface area contributed by atoms with Gasteiger partial charge >= 0.3 is 0 Å². The number of aryl methyl sites for hydroxylation is 2. The highest BCUT2D eigenvalue weighted by molar-refractivity contribution is 6.03. The van der Waals surface area contributed by atoms with Crippen LogP contribution in [-0.4, -0.2) is 0 Å². The number of hydrogen-bond acceptors (Lipinski definition) is 0. The van der Waals surface area contributed by atoms with Crippen molar-refractivity contribution in [2.45, 2.75) is 123 Å². The Kier molecular flexibility index (Phi) is 9.10. The highest BCUT2D eigenvalue weighted by atomic mass is 14.5. The molecule has 0 saturated carbocycles. The van der Waals surface area contributed by atoms with E-state index >= 15 is 0 Å². The van der Waals surface area contributed by atoms with E-state index in [1.54, 1.807) is 11.1 Å². The summed E-state index contributed by atoms with van der Waals surface area (Å²) in [4.78, 5) is 0. The SMILES string of the molecule is CCCCCCCCC1(CCCCCCCC)c2cc(C)ccc2-c2c1ccc1c(C)cccc21. The summed E-state index contributed by atoms with van der Waals surface area (Å²) in [6.07, 6.45) is 19.1. The summed E-state index contributed by atoms with van der Waals surface area (Å²) >= 11 is 0. The lowest BCUT2D eigenvalue weighted by Crippen LogP contribution is -2.25. The Morgan fingerprint density at radius 3 is 1.86 bits per heavy atom. The quantitative estimate of drug-likeness (QED) is 0.206. The molecule has 1 aliphatic carbocycles. The van der Waals surface area contributed by atoms with Crippen LogP contribution in [-0.2, 0) is 5.41 Å². The molecule has 0 fully saturated rings. The van der Waals surface area contributed by atoms with Crippen LogP contribution >= 0.6 is 0 Å². The summed E-state index contributed by atoms with van der Waals surface area (Å²) in [5.41, 5.74) is 9.29. The summed E-state index contributed by atoms with van der Waals surface area (Å²) in [5.74, 6) is 0. The van der Waals surface area contributed by atoms with Gasteiger partial charge in [-0.25, -0.2) is 0 Å². The van der Waals surface area contributed by atoms with Crippen molar-refractivity contribution in [3.63, 3.8) is 0 Å². The fraction of sp³-hybridized carbons (Fsp3) is 0.543. The Bertz CT molecular complexity index is 1090. The molecule has 0 heteroatoms. The van der Waals surface area contributed by atoms with Crippen LogP contribution in [0.3, 0.4) is 0 Å². The first-order valence-corrected chi connectivity index (χ1v) is 14.8. The summed E-state index contributed by atoms with van der Waals surface area (Å²) < 4.78 is 0. The van der Waals surface area contributed by atoms with Gasteiger partial charge in [0.2, 0.25) is 0 Å². The highest BCUT2D eigenvalue weighted by Crippen LogP contribution is 2.56. The largest absolute Gasteiger partial charge is 0.0654 e. The second-order valence-electron chi connectivity index (χ2n) is 11.3. The number of unbranched alkanes of at least 4 members (excludes halogenated alkanes) is 10. The van der Waals surface area contributed by atoms with Crippen molar-refractivity contribution in [3.05, 3.63) is 70.8 Å². The topological polar surface area (TPSA) is 0 Å². The average molecular weight is 469 g/mol. The Balaban J connectivity index is 1.72. The molecule has 0 aliphatic heterocycles. The van der Waals surface area contributed by atoms with Gasteiger partial charge in [-0.05, 0) is 65.3 Å². The Morgan fingerprint density at radius 1 is 0.571 bits per heavy atom. The van der Waals surface area contributed by atoms with Gasteiger partial charge in [-0.15, -0.1) is 0 Å². The Hall–Kier alpha value is -2.08. The monoisotopic (exact) mass is 468 g/mol. The van der Waals surface area contributed by atoms with Gasteiger partial charge in [0.15, 0.2) is 0 Å². The molecule has 0 amide bonds. The first kappa shape index (κ1) is 26.0. The van der Waals surface area contributed by atoms with Gasteiger partial charge in [-0.3, -0.25) is 0 Å². The summed E-state index contributed by atoms with van der Waals surface area (Å²) in [5, 5.41) is 2.88. The van der Waals surface area contributed by atoms with Crippen molar-refractivity contribution >= 4 is 10.8 Å². The van der Waals surface area contributed by atoms with E-state index in [9.17, 15) is 0 Å². The lowest BCUT2D eigenvalue weighted by Gasteiger charge is -2.33. The van der Waals surface area contributed by atoms with E-state index in [4.69, 9.17) is 0 Å². The van der Waals surface area contributed by atoms with Crippen LogP contribution in [0.1, 0.15) is 126 Å². The molecule has 0 nitrogen and oxygen atoms in total. The van der Waals surface area contributed by atoms with E-state index in [2.05, 4.69) is 76.2 Å². The minimum Gasteiger partial charge on any atom is -0.0654 e. The minimum absolute atomic E-state index is 0.185. The zero-order chi connectivity index (χ0) is 24.7. The molecule has 0 bridgehead atoms. The molecule has 0 N–H and O–H groups in total. The average Bonchev–Trinajstić information content (AvgIpc) is 3.13. The smallest absolute Gasteiger partial charge is 0.0215 e. The van der Waals surface area contributed by atoms with Gasteiger partial charge in [0, 0.05) is 5.41 Å². The molecular weight excluding hydrogens is 420 g/mol. The van der Waals surface area contributed by atoms with Gasteiger partial charge in [0.25, 0.3) is 0 Å². The van der Waals surface area contributed by atoms with Crippen LogP contribution in [0.5, 0.6) is 0 Å². The minimum atomic E-state index is 0.185. The van der Waals surface area contributed by atoms with Crippen molar-refractivity contribution in [2.24, 2.45) is 0 Å². The molecule has 0 spiro atoms. The molecule has 0 unspecified atom stereocenters. The van der Waals surface area contributed by atoms with Crippen LogP contribution in [0.15, 0.2) is 48.5 Å². The predicted octanol–water partition coefficient (Wildman–Crippen LogP) is 11.2. The second-order valence-corrected chi connectivity index (χ2v) is 11.3. The third-order valence-corrected chi connectivity index (χ3v) is 8.67. The molecule has 35 heavy (non-hydrogen) atoms. The first-order valence-electron chi connectivity index (χ1n) is 14.8. The van der Waals surface area contributed by atoms with Gasteiger partial charge in [0.05, 0.1) is 0 Å². The molecule has 188 valence electrons. The van der Waals surface area contributed by atoms with Crippen LogP contribution in [0.2, 0.25) is 0 Å². The van der Waals surface area contributed by atoms with E-state index in [-0.39, 0.29) is 5.41 Å². The second kappa shape index (κ2) is 12.2. The van der Waals surface area contributed by atoms with Gasteiger partial charge in [-0.1, -0.05) is 145 Å². The third kappa shape index (κ3) is 5.52. The number of hydrogen-bond donors (Lipinski definition) is 0. The Labute approximate surface area is 215 Å². The van der Waals surface area contributed by atoms with Crippen molar-refractivity contribution < 1.29 is 0 Å². The molecule has 1 aliphatic rings. The lowest BCUT2D eigenvalue weighted by molar-refractivity contribution is 0.398. The zero-order valence-electron chi connectivity index (χ0n) is 23.0. The zero-order valence-corrected chi connectivity index (χ0v) is 23.0. The number of fused-ring (bicyclic) bond motifs is 5. The first-order chi connectivity index (χ1) is 17.1. The van der Waals surface area contributed by atoms with Crippen molar-refractivity contribution in [1.82, 2.24) is 0 Å².